The average molecular weight is 259 g/mol. The van der Waals surface area contributed by atoms with Crippen LogP contribution in [0.25, 0.3) is 0 Å². The first-order valence-corrected chi connectivity index (χ1v) is 6.41. The van der Waals surface area contributed by atoms with Crippen LogP contribution >= 0.6 is 0 Å². The largest absolute Gasteiger partial charge is 0.384 e. The number of aromatic nitrogens is 1. The molecule has 4 heteroatoms. The Hall–Kier alpha value is -2.10. The van der Waals surface area contributed by atoms with E-state index in [0.29, 0.717) is 5.56 Å². The van der Waals surface area contributed by atoms with Crippen LogP contribution in [0.15, 0.2) is 36.7 Å². The number of rotatable bonds is 5. The second-order valence-corrected chi connectivity index (χ2v) is 4.48. The summed E-state index contributed by atoms with van der Waals surface area (Å²) >= 11 is 0. The molecule has 0 atom stereocenters. The van der Waals surface area contributed by atoms with E-state index in [2.05, 4.69) is 22.5 Å². The van der Waals surface area contributed by atoms with Crippen molar-refractivity contribution in [2.24, 2.45) is 0 Å². The molecule has 0 fully saturated rings. The van der Waals surface area contributed by atoms with Crippen molar-refractivity contribution in [2.45, 2.75) is 20.3 Å². The van der Waals surface area contributed by atoms with E-state index in [1.807, 2.05) is 6.07 Å². The molecule has 3 nitrogen and oxygen atoms in total. The van der Waals surface area contributed by atoms with Crippen LogP contribution in [0.5, 0.6) is 0 Å². The molecular formula is C15H18FN3. The number of hydrogen-bond acceptors (Lipinski definition) is 3. The molecule has 0 saturated carbocycles. The third-order valence-electron chi connectivity index (χ3n) is 2.76. The Morgan fingerprint density at radius 1 is 1.11 bits per heavy atom. The van der Waals surface area contributed by atoms with Crippen LogP contribution in [0.1, 0.15) is 18.9 Å². The van der Waals surface area contributed by atoms with E-state index < -0.39 is 0 Å². The average Bonchev–Trinajstić information content (AvgIpc) is 2.41. The number of hydrogen-bond donors (Lipinski definition) is 2. The second kappa shape index (κ2) is 6.18. The molecule has 2 rings (SSSR count). The van der Waals surface area contributed by atoms with Gasteiger partial charge in [0.05, 0.1) is 23.8 Å². The number of nitrogens with zero attached hydrogens (tertiary/aromatic N) is 1. The third-order valence-corrected chi connectivity index (χ3v) is 2.76. The molecule has 0 unspecified atom stereocenters. The Balaban J connectivity index is 2.11. The van der Waals surface area contributed by atoms with Crippen molar-refractivity contribution in [1.82, 2.24) is 4.98 Å². The predicted octanol–water partition coefficient (Wildman–Crippen LogP) is 4.09. The molecule has 0 aliphatic rings. The molecule has 0 bridgehead atoms. The smallest absolute Gasteiger partial charge is 0.126 e. The monoisotopic (exact) mass is 259 g/mol. The Bertz CT molecular complexity index is 555. The van der Waals surface area contributed by atoms with E-state index in [9.17, 15) is 4.39 Å². The first-order valence-electron chi connectivity index (χ1n) is 6.41. The molecule has 0 aliphatic carbocycles. The van der Waals surface area contributed by atoms with Gasteiger partial charge in [0, 0.05) is 12.2 Å². The van der Waals surface area contributed by atoms with Crippen molar-refractivity contribution in [3.05, 3.63) is 48.0 Å². The van der Waals surface area contributed by atoms with Crippen LogP contribution in [0.3, 0.4) is 0 Å². The van der Waals surface area contributed by atoms with Crippen LogP contribution in [0, 0.1) is 12.7 Å². The van der Waals surface area contributed by atoms with Crippen LogP contribution in [-0.2, 0) is 0 Å². The van der Waals surface area contributed by atoms with E-state index in [0.717, 1.165) is 30.0 Å². The first kappa shape index (κ1) is 13.3. The normalized spacial score (nSPS) is 10.3. The van der Waals surface area contributed by atoms with Gasteiger partial charge in [0.25, 0.3) is 0 Å². The molecule has 2 aromatic rings. The summed E-state index contributed by atoms with van der Waals surface area (Å²) < 4.78 is 13.2. The number of anilines is 3. The molecule has 0 radical (unpaired) electrons. The summed E-state index contributed by atoms with van der Waals surface area (Å²) in [5.74, 6) is -0.193. The van der Waals surface area contributed by atoms with Crippen LogP contribution < -0.4 is 10.6 Å². The highest BCUT2D eigenvalue weighted by Crippen LogP contribution is 2.20. The minimum atomic E-state index is -0.193. The molecule has 0 aliphatic heterocycles. The fraction of sp³-hybridized carbons (Fsp3) is 0.267. The van der Waals surface area contributed by atoms with Crippen molar-refractivity contribution in [2.75, 3.05) is 17.2 Å². The fourth-order valence-electron chi connectivity index (χ4n) is 1.76. The third kappa shape index (κ3) is 3.68. The molecule has 19 heavy (non-hydrogen) atoms. The van der Waals surface area contributed by atoms with Crippen molar-refractivity contribution in [1.29, 1.82) is 0 Å². The first-order chi connectivity index (χ1) is 9.19. The fourth-order valence-corrected chi connectivity index (χ4v) is 1.76. The molecule has 100 valence electrons. The highest BCUT2D eigenvalue weighted by Gasteiger charge is 2.01. The Morgan fingerprint density at radius 3 is 2.63 bits per heavy atom. The lowest BCUT2D eigenvalue weighted by Gasteiger charge is -2.10. The van der Waals surface area contributed by atoms with Gasteiger partial charge in [-0.25, -0.2) is 4.39 Å². The van der Waals surface area contributed by atoms with E-state index in [-0.39, 0.29) is 5.82 Å². The quantitative estimate of drug-likeness (QED) is 0.849. The Kier molecular flexibility index (Phi) is 4.34. The van der Waals surface area contributed by atoms with Gasteiger partial charge in [0.1, 0.15) is 5.82 Å². The lowest BCUT2D eigenvalue weighted by molar-refractivity contribution is 0.619. The summed E-state index contributed by atoms with van der Waals surface area (Å²) in [6, 6.07) is 6.95. The summed E-state index contributed by atoms with van der Waals surface area (Å²) in [6.07, 6.45) is 4.60. The minimum absolute atomic E-state index is 0.193. The second-order valence-electron chi connectivity index (χ2n) is 4.48. The lowest BCUT2D eigenvalue weighted by Crippen LogP contribution is -2.01. The molecule has 1 heterocycles. The number of nitrogens with one attached hydrogen (secondary N) is 2. The van der Waals surface area contributed by atoms with Crippen molar-refractivity contribution >= 4 is 17.1 Å². The molecular weight excluding hydrogens is 241 g/mol. The molecule has 2 N–H and O–H groups in total. The van der Waals surface area contributed by atoms with Crippen LogP contribution in [0.4, 0.5) is 21.5 Å². The van der Waals surface area contributed by atoms with Crippen molar-refractivity contribution in [3.63, 3.8) is 0 Å². The van der Waals surface area contributed by atoms with Crippen molar-refractivity contribution in [3.8, 4) is 0 Å². The molecule has 0 amide bonds. The summed E-state index contributed by atoms with van der Waals surface area (Å²) in [6.45, 7) is 4.78. The van der Waals surface area contributed by atoms with Gasteiger partial charge in [-0.15, -0.1) is 0 Å². The maximum absolute atomic E-state index is 13.2. The Morgan fingerprint density at radius 2 is 1.89 bits per heavy atom. The highest BCUT2D eigenvalue weighted by molar-refractivity contribution is 5.63. The molecule has 1 aromatic heterocycles. The molecule has 0 saturated heterocycles. The summed E-state index contributed by atoms with van der Waals surface area (Å²) in [5, 5.41) is 6.50. The van der Waals surface area contributed by atoms with Gasteiger partial charge in [-0.3, -0.25) is 4.98 Å². The van der Waals surface area contributed by atoms with Gasteiger partial charge in [-0.1, -0.05) is 6.92 Å². The zero-order valence-electron chi connectivity index (χ0n) is 11.2. The molecule has 0 spiro atoms. The van der Waals surface area contributed by atoms with E-state index in [4.69, 9.17) is 0 Å². The lowest BCUT2D eigenvalue weighted by atomic mass is 10.2. The topological polar surface area (TPSA) is 37.0 Å². The highest BCUT2D eigenvalue weighted by atomic mass is 19.1. The van der Waals surface area contributed by atoms with Crippen molar-refractivity contribution < 1.29 is 4.39 Å². The maximum Gasteiger partial charge on any atom is 0.126 e. The summed E-state index contributed by atoms with van der Waals surface area (Å²) in [4.78, 5) is 4.17. The molecule has 1 aromatic carbocycles. The summed E-state index contributed by atoms with van der Waals surface area (Å²) in [7, 11) is 0. The SMILES string of the molecule is CCCNc1cncc(Nc2ccc(F)c(C)c2)c1. The maximum atomic E-state index is 13.2. The van der Waals surface area contributed by atoms with Gasteiger partial charge in [0.2, 0.25) is 0 Å². The predicted molar refractivity (Wildman–Crippen MR) is 77.4 cm³/mol. The summed E-state index contributed by atoms with van der Waals surface area (Å²) in [5.41, 5.74) is 3.34. The number of pyridine rings is 1. The van der Waals surface area contributed by atoms with E-state index >= 15 is 0 Å². The van der Waals surface area contributed by atoms with Gasteiger partial charge < -0.3 is 10.6 Å². The van der Waals surface area contributed by atoms with Gasteiger partial charge in [-0.2, -0.15) is 0 Å². The van der Waals surface area contributed by atoms with Crippen LogP contribution in [-0.4, -0.2) is 11.5 Å². The number of aryl methyl sites for hydroxylation is 1. The van der Waals surface area contributed by atoms with E-state index in [1.54, 1.807) is 31.5 Å². The zero-order valence-corrected chi connectivity index (χ0v) is 11.2. The zero-order chi connectivity index (χ0) is 13.7. The van der Waals surface area contributed by atoms with Gasteiger partial charge in [-0.05, 0) is 43.2 Å². The van der Waals surface area contributed by atoms with Gasteiger partial charge in [0.15, 0.2) is 0 Å². The Labute approximate surface area is 112 Å². The van der Waals surface area contributed by atoms with Gasteiger partial charge >= 0.3 is 0 Å². The standard InChI is InChI=1S/C15H18FN3/c1-3-6-18-13-8-14(10-17-9-13)19-12-4-5-15(16)11(2)7-12/h4-5,7-10,18-19H,3,6H2,1-2H3. The number of benzene rings is 1. The number of halogens is 1. The minimum Gasteiger partial charge on any atom is -0.384 e. The van der Waals surface area contributed by atoms with E-state index in [1.165, 1.54) is 6.07 Å². The van der Waals surface area contributed by atoms with Crippen LogP contribution in [0.2, 0.25) is 0 Å².